The number of hydrogen-bond donors (Lipinski definition) is 0. The molecule has 0 aliphatic rings. The van der Waals surface area contributed by atoms with Crippen LogP contribution in [0.25, 0.3) is 0 Å². The molecule has 0 spiro atoms. The highest BCUT2D eigenvalue weighted by Gasteiger charge is 1.99. The van der Waals surface area contributed by atoms with Crippen LogP contribution in [-0.2, 0) is 0 Å². The highest BCUT2D eigenvalue weighted by atomic mass is 28.2. The third-order valence-electron chi connectivity index (χ3n) is 3.68. The van der Waals surface area contributed by atoms with Crippen LogP contribution in [0.5, 0.6) is 5.75 Å². The Hall–Kier alpha value is -1.54. The van der Waals surface area contributed by atoms with E-state index in [0.717, 1.165) is 28.3 Å². The molecule has 0 aromatic heterocycles. The number of unbranched alkanes of at least 4 members (excludes halogenated alkanes) is 5. The molecule has 2 aromatic rings. The average Bonchev–Trinajstić information content (AvgIpc) is 2.56. The van der Waals surface area contributed by atoms with Crippen LogP contribution in [0, 0.1) is 0 Å². The zero-order valence-electron chi connectivity index (χ0n) is 13.6. The first-order valence-electron chi connectivity index (χ1n) is 8.43. The maximum Gasteiger partial charge on any atom is 0.121 e. The van der Waals surface area contributed by atoms with Crippen LogP contribution in [-0.4, -0.2) is 16.1 Å². The molecule has 0 heterocycles. The van der Waals surface area contributed by atoms with Crippen molar-refractivity contribution in [3.63, 3.8) is 0 Å². The molecule has 0 unspecified atom stereocenters. The number of ether oxygens (including phenoxy) is 1. The smallest absolute Gasteiger partial charge is 0.121 e. The van der Waals surface area contributed by atoms with Gasteiger partial charge in [-0.05, 0) is 18.6 Å². The van der Waals surface area contributed by atoms with Crippen molar-refractivity contribution in [3.05, 3.63) is 54.6 Å². The van der Waals surface area contributed by atoms with Crippen molar-refractivity contribution in [2.75, 3.05) is 6.61 Å². The Labute approximate surface area is 137 Å². The van der Waals surface area contributed by atoms with E-state index in [0.29, 0.717) is 0 Å². The molecule has 0 saturated carbocycles. The third-order valence-corrected chi connectivity index (χ3v) is 4.93. The largest absolute Gasteiger partial charge is 0.494 e. The van der Waals surface area contributed by atoms with Crippen molar-refractivity contribution in [1.29, 1.82) is 0 Å². The fraction of sp³-hybridized carbons (Fsp3) is 0.400. The van der Waals surface area contributed by atoms with Crippen LogP contribution < -0.4 is 15.1 Å². The second-order valence-electron chi connectivity index (χ2n) is 5.63. The van der Waals surface area contributed by atoms with Gasteiger partial charge in [0.25, 0.3) is 0 Å². The number of benzene rings is 2. The zero-order valence-corrected chi connectivity index (χ0v) is 14.6. The molecule has 0 fully saturated rings. The summed E-state index contributed by atoms with van der Waals surface area (Å²) < 4.78 is 5.82. The topological polar surface area (TPSA) is 9.23 Å². The van der Waals surface area contributed by atoms with Gasteiger partial charge in [0.05, 0.1) is 6.61 Å². The minimum Gasteiger partial charge on any atom is -0.494 e. The van der Waals surface area contributed by atoms with E-state index in [1.54, 1.807) is 0 Å². The van der Waals surface area contributed by atoms with E-state index in [9.17, 15) is 0 Å². The summed E-state index contributed by atoms with van der Waals surface area (Å²) in [6.45, 7) is 3.09. The zero-order chi connectivity index (χ0) is 15.5. The molecule has 1 nitrogen and oxygen atoms in total. The summed E-state index contributed by atoms with van der Waals surface area (Å²) in [6, 6.07) is 19.2. The normalized spacial score (nSPS) is 10.6. The van der Waals surface area contributed by atoms with Gasteiger partial charge in [0, 0.05) is 0 Å². The van der Waals surface area contributed by atoms with Crippen LogP contribution in [0.15, 0.2) is 54.6 Å². The van der Waals surface area contributed by atoms with E-state index in [-0.39, 0.29) is 0 Å². The molecule has 2 heteroatoms. The summed E-state index contributed by atoms with van der Waals surface area (Å²) in [5.41, 5.74) is 0. The van der Waals surface area contributed by atoms with Crippen molar-refractivity contribution in [3.8, 4) is 5.75 Å². The Balaban J connectivity index is 1.66. The Morgan fingerprint density at radius 3 is 2.09 bits per heavy atom. The van der Waals surface area contributed by atoms with E-state index in [4.69, 9.17) is 4.74 Å². The Bertz CT molecular complexity index is 507. The summed E-state index contributed by atoms with van der Waals surface area (Å²) in [4.78, 5) is 0. The van der Waals surface area contributed by atoms with Crippen molar-refractivity contribution in [1.82, 2.24) is 0 Å². The first kappa shape index (κ1) is 16.8. The monoisotopic (exact) mass is 310 g/mol. The van der Waals surface area contributed by atoms with Crippen molar-refractivity contribution in [2.24, 2.45) is 0 Å². The van der Waals surface area contributed by atoms with Gasteiger partial charge in [-0.3, -0.25) is 0 Å². The van der Waals surface area contributed by atoms with Crippen LogP contribution >= 0.6 is 0 Å². The van der Waals surface area contributed by atoms with Gasteiger partial charge in [0.1, 0.15) is 15.3 Å². The number of rotatable bonds is 10. The highest BCUT2D eigenvalue weighted by molar-refractivity contribution is 6.67. The van der Waals surface area contributed by atoms with E-state index < -0.39 is 0 Å². The fourth-order valence-electron chi connectivity index (χ4n) is 2.40. The lowest BCUT2D eigenvalue weighted by Gasteiger charge is -2.07. The minimum absolute atomic E-state index is 0.719. The maximum absolute atomic E-state index is 5.82. The Morgan fingerprint density at radius 1 is 0.727 bits per heavy atom. The minimum atomic E-state index is 0.719. The third kappa shape index (κ3) is 6.48. The maximum atomic E-state index is 5.82. The summed E-state index contributed by atoms with van der Waals surface area (Å²) in [5.74, 6) is 0.996. The molecular weight excluding hydrogens is 284 g/mol. The predicted molar refractivity (Wildman–Crippen MR) is 96.8 cm³/mol. The predicted octanol–water partition coefficient (Wildman–Crippen LogP) is 4.08. The summed E-state index contributed by atoms with van der Waals surface area (Å²) in [6.07, 6.45) is 7.83. The standard InChI is InChI=1S/C20H26OSi/c1-2-3-4-5-6-10-17-21-18-13-15-20(16-14-18)22-19-11-8-7-9-12-19/h7-9,11-16H,2-6,10,17H2,1H3. The summed E-state index contributed by atoms with van der Waals surface area (Å²) in [5, 5.41) is 2.74. The molecule has 0 N–H and O–H groups in total. The lowest BCUT2D eigenvalue weighted by molar-refractivity contribution is 0.304. The van der Waals surface area contributed by atoms with Crippen LogP contribution in [0.3, 0.4) is 0 Å². The molecule has 0 bridgehead atoms. The molecule has 2 rings (SSSR count). The molecule has 116 valence electrons. The van der Waals surface area contributed by atoms with Gasteiger partial charge in [0.15, 0.2) is 0 Å². The first-order valence-corrected chi connectivity index (χ1v) is 9.43. The lowest BCUT2D eigenvalue weighted by atomic mass is 10.1. The fourth-order valence-corrected chi connectivity index (χ4v) is 3.42. The van der Waals surface area contributed by atoms with Crippen LogP contribution in [0.4, 0.5) is 0 Å². The lowest BCUT2D eigenvalue weighted by Crippen LogP contribution is -2.26. The molecule has 0 atom stereocenters. The Morgan fingerprint density at radius 2 is 1.36 bits per heavy atom. The molecule has 22 heavy (non-hydrogen) atoms. The van der Waals surface area contributed by atoms with Crippen molar-refractivity contribution in [2.45, 2.75) is 45.4 Å². The SMILES string of the molecule is CCCCCCCCOc1ccc([Si]c2ccccc2)cc1. The summed E-state index contributed by atoms with van der Waals surface area (Å²) in [7, 11) is 0.719. The Kier molecular flexibility index (Phi) is 7.82. The molecular formula is C20H26OSi. The molecule has 0 saturated heterocycles. The van der Waals surface area contributed by atoms with Crippen molar-refractivity contribution < 1.29 is 4.74 Å². The second-order valence-corrected chi connectivity index (χ2v) is 7.04. The first-order chi connectivity index (χ1) is 10.9. The summed E-state index contributed by atoms with van der Waals surface area (Å²) >= 11 is 0. The molecule has 2 radical (unpaired) electrons. The van der Waals surface area contributed by atoms with Gasteiger partial charge in [-0.15, -0.1) is 0 Å². The molecule has 0 amide bonds. The van der Waals surface area contributed by atoms with Gasteiger partial charge < -0.3 is 4.74 Å². The van der Waals surface area contributed by atoms with E-state index >= 15 is 0 Å². The number of hydrogen-bond acceptors (Lipinski definition) is 1. The highest BCUT2D eigenvalue weighted by Crippen LogP contribution is 2.10. The average molecular weight is 311 g/mol. The van der Waals surface area contributed by atoms with E-state index in [1.807, 2.05) is 0 Å². The van der Waals surface area contributed by atoms with Crippen molar-refractivity contribution >= 4 is 19.9 Å². The van der Waals surface area contributed by atoms with Crippen LogP contribution in [0.2, 0.25) is 0 Å². The quantitative estimate of drug-likeness (QED) is 0.474. The van der Waals surface area contributed by atoms with Crippen LogP contribution in [0.1, 0.15) is 45.4 Å². The van der Waals surface area contributed by atoms with Gasteiger partial charge >= 0.3 is 0 Å². The van der Waals surface area contributed by atoms with Gasteiger partial charge in [-0.25, -0.2) is 0 Å². The van der Waals surface area contributed by atoms with Gasteiger partial charge in [0.2, 0.25) is 0 Å². The van der Waals surface area contributed by atoms with Gasteiger partial charge in [-0.2, -0.15) is 0 Å². The second kappa shape index (κ2) is 10.2. The van der Waals surface area contributed by atoms with E-state index in [2.05, 4.69) is 61.5 Å². The molecule has 0 aliphatic heterocycles. The van der Waals surface area contributed by atoms with E-state index in [1.165, 1.54) is 42.5 Å². The molecule has 2 aromatic carbocycles. The molecule has 0 aliphatic carbocycles. The van der Waals surface area contributed by atoms with Gasteiger partial charge in [-0.1, -0.05) is 91.9 Å².